The maximum absolute atomic E-state index is 8.27. The fourth-order valence-corrected chi connectivity index (χ4v) is 1.53. The summed E-state index contributed by atoms with van der Waals surface area (Å²) in [6.07, 6.45) is 2.38. The predicted octanol–water partition coefficient (Wildman–Crippen LogP) is 2.74. The molecule has 0 N–H and O–H groups in total. The van der Waals surface area contributed by atoms with Crippen molar-refractivity contribution in [1.29, 1.82) is 5.26 Å². The number of halogens is 1. The van der Waals surface area contributed by atoms with Crippen molar-refractivity contribution < 1.29 is 0 Å². The highest BCUT2D eigenvalue weighted by atomic mass is 35.5. The third kappa shape index (κ3) is 10.0. The molecule has 0 rings (SSSR count). The fourth-order valence-electron chi connectivity index (χ4n) is 1.10. The molecule has 0 unspecified atom stereocenters. The third-order valence-electron chi connectivity index (χ3n) is 1.93. The van der Waals surface area contributed by atoms with Crippen LogP contribution in [0.25, 0.3) is 0 Å². The summed E-state index contributed by atoms with van der Waals surface area (Å²) < 4.78 is 0. The Kier molecular flexibility index (Phi) is 14.5. The molecule has 0 heterocycles. The van der Waals surface area contributed by atoms with E-state index >= 15 is 0 Å². The van der Waals surface area contributed by atoms with Crippen LogP contribution in [0, 0.1) is 10.7 Å². The smallest absolute Gasteiger partial charge is 0.133 e. The van der Waals surface area contributed by atoms with Gasteiger partial charge in [0.1, 0.15) is 5.40 Å². The normalized spacial score (nSPS) is 9.38. The Labute approximate surface area is 92.1 Å². The van der Waals surface area contributed by atoms with Gasteiger partial charge in [-0.2, -0.15) is 5.26 Å². The molecule has 78 valence electrons. The van der Waals surface area contributed by atoms with Crippen molar-refractivity contribution in [3.8, 4) is 5.40 Å². The fraction of sp³-hybridized carbons (Fsp3) is 0.889. The van der Waals surface area contributed by atoms with Crippen LogP contribution in [-0.2, 0) is 0 Å². The van der Waals surface area contributed by atoms with Gasteiger partial charge in [-0.15, -0.1) is 12.4 Å². The first-order valence-corrected chi connectivity index (χ1v) is 5.56. The van der Waals surface area contributed by atoms with Crippen LogP contribution in [0.3, 0.4) is 0 Å². The largest absolute Gasteiger partial charge is 0.304 e. The zero-order valence-corrected chi connectivity index (χ0v) is 10.1. The van der Waals surface area contributed by atoms with Gasteiger partial charge in [0.25, 0.3) is 0 Å². The van der Waals surface area contributed by atoms with E-state index in [9.17, 15) is 0 Å². The van der Waals surface area contributed by atoms with Crippen LogP contribution < -0.4 is 0 Å². The number of thioether (sulfide) groups is 1. The number of hydrogen-bond donors (Lipinski definition) is 0. The second kappa shape index (κ2) is 12.1. The summed E-state index contributed by atoms with van der Waals surface area (Å²) in [4.78, 5) is 2.41. The van der Waals surface area contributed by atoms with Crippen molar-refractivity contribution in [1.82, 2.24) is 4.90 Å². The Hall–Kier alpha value is 0.0900. The molecule has 0 spiro atoms. The minimum absolute atomic E-state index is 0. The molecule has 0 saturated heterocycles. The van der Waals surface area contributed by atoms with E-state index in [4.69, 9.17) is 5.26 Å². The van der Waals surface area contributed by atoms with E-state index in [0.29, 0.717) is 0 Å². The molecule has 0 aromatic heterocycles. The van der Waals surface area contributed by atoms with Gasteiger partial charge in [-0.05, 0) is 44.2 Å². The van der Waals surface area contributed by atoms with Crippen LogP contribution in [0.2, 0.25) is 0 Å². The minimum atomic E-state index is 0. The molecule has 0 aliphatic carbocycles. The van der Waals surface area contributed by atoms with Gasteiger partial charge in [-0.25, -0.2) is 0 Å². The second-order valence-corrected chi connectivity index (χ2v) is 3.55. The Morgan fingerprint density at radius 3 is 2.31 bits per heavy atom. The van der Waals surface area contributed by atoms with Crippen LogP contribution in [0.5, 0.6) is 0 Å². The highest BCUT2D eigenvalue weighted by Gasteiger charge is 1.97. The SMILES string of the molecule is CCN(CC)CCCCSC#N.Cl. The maximum atomic E-state index is 8.27. The molecule has 0 radical (unpaired) electrons. The second-order valence-electron chi connectivity index (χ2n) is 2.67. The summed E-state index contributed by atoms with van der Waals surface area (Å²) in [5.41, 5.74) is 0. The van der Waals surface area contributed by atoms with Gasteiger partial charge in [0.15, 0.2) is 0 Å². The molecule has 0 atom stereocenters. The van der Waals surface area contributed by atoms with Crippen molar-refractivity contribution in [2.24, 2.45) is 0 Å². The topological polar surface area (TPSA) is 27.0 Å². The number of hydrogen-bond acceptors (Lipinski definition) is 3. The molecule has 0 aromatic rings. The average molecular weight is 223 g/mol. The third-order valence-corrected chi connectivity index (χ3v) is 2.55. The van der Waals surface area contributed by atoms with E-state index in [1.165, 1.54) is 24.7 Å². The van der Waals surface area contributed by atoms with Crippen LogP contribution >= 0.6 is 24.2 Å². The highest BCUT2D eigenvalue weighted by molar-refractivity contribution is 8.03. The molecule has 0 amide bonds. The Morgan fingerprint density at radius 1 is 1.23 bits per heavy atom. The van der Waals surface area contributed by atoms with Crippen molar-refractivity contribution in [3.63, 3.8) is 0 Å². The molecule has 13 heavy (non-hydrogen) atoms. The summed E-state index contributed by atoms with van der Waals surface area (Å²) >= 11 is 1.36. The van der Waals surface area contributed by atoms with E-state index < -0.39 is 0 Å². The van der Waals surface area contributed by atoms with Crippen LogP contribution in [-0.4, -0.2) is 30.3 Å². The van der Waals surface area contributed by atoms with E-state index in [2.05, 4.69) is 24.1 Å². The molecule has 0 saturated carbocycles. The van der Waals surface area contributed by atoms with Crippen LogP contribution in [0.15, 0.2) is 0 Å². The van der Waals surface area contributed by atoms with E-state index in [1.807, 2.05) is 0 Å². The zero-order valence-electron chi connectivity index (χ0n) is 8.45. The van der Waals surface area contributed by atoms with E-state index in [1.54, 1.807) is 0 Å². The van der Waals surface area contributed by atoms with Gasteiger partial charge in [-0.3, -0.25) is 0 Å². The lowest BCUT2D eigenvalue weighted by molar-refractivity contribution is 0.299. The van der Waals surface area contributed by atoms with Gasteiger partial charge in [0.2, 0.25) is 0 Å². The van der Waals surface area contributed by atoms with Crippen molar-refractivity contribution in [2.75, 3.05) is 25.4 Å². The lowest BCUT2D eigenvalue weighted by atomic mass is 10.3. The molecular formula is C9H19ClN2S. The maximum Gasteiger partial charge on any atom is 0.133 e. The standard InChI is InChI=1S/C9H18N2S.ClH/c1-3-11(4-2)7-5-6-8-12-9-10;/h3-8H2,1-2H3;1H. The van der Waals surface area contributed by atoms with Gasteiger partial charge < -0.3 is 4.90 Å². The number of unbranched alkanes of at least 4 members (excludes halogenated alkanes) is 1. The Balaban J connectivity index is 0. The molecular weight excluding hydrogens is 204 g/mol. The first kappa shape index (κ1) is 15.6. The first-order valence-electron chi connectivity index (χ1n) is 4.58. The summed E-state index contributed by atoms with van der Waals surface area (Å²) in [7, 11) is 0. The number of thiocyanates is 1. The average Bonchev–Trinajstić information content (AvgIpc) is 2.11. The van der Waals surface area contributed by atoms with Gasteiger partial charge >= 0.3 is 0 Å². The predicted molar refractivity (Wildman–Crippen MR) is 62.3 cm³/mol. The minimum Gasteiger partial charge on any atom is -0.304 e. The number of rotatable bonds is 7. The molecule has 0 aromatic carbocycles. The zero-order chi connectivity index (χ0) is 9.23. The van der Waals surface area contributed by atoms with Gasteiger partial charge in [-0.1, -0.05) is 13.8 Å². The monoisotopic (exact) mass is 222 g/mol. The van der Waals surface area contributed by atoms with E-state index in [-0.39, 0.29) is 12.4 Å². The number of nitrogens with zero attached hydrogens (tertiary/aromatic N) is 2. The van der Waals surface area contributed by atoms with Gasteiger partial charge in [0, 0.05) is 5.75 Å². The van der Waals surface area contributed by atoms with Gasteiger partial charge in [0.05, 0.1) is 0 Å². The van der Waals surface area contributed by atoms with Crippen LogP contribution in [0.1, 0.15) is 26.7 Å². The highest BCUT2D eigenvalue weighted by Crippen LogP contribution is 2.02. The van der Waals surface area contributed by atoms with Crippen molar-refractivity contribution >= 4 is 24.2 Å². The molecule has 0 fully saturated rings. The summed E-state index contributed by atoms with van der Waals surface area (Å²) in [5, 5.41) is 10.4. The molecule has 0 aliphatic rings. The Morgan fingerprint density at radius 2 is 1.85 bits per heavy atom. The van der Waals surface area contributed by atoms with Crippen molar-refractivity contribution in [2.45, 2.75) is 26.7 Å². The lowest BCUT2D eigenvalue weighted by Gasteiger charge is -2.16. The molecule has 0 bridgehead atoms. The van der Waals surface area contributed by atoms with E-state index in [0.717, 1.165) is 25.3 Å². The molecule has 4 heteroatoms. The van der Waals surface area contributed by atoms with Crippen molar-refractivity contribution in [3.05, 3.63) is 0 Å². The van der Waals surface area contributed by atoms with Crippen LogP contribution in [0.4, 0.5) is 0 Å². The Bertz CT molecular complexity index is 132. The number of nitriles is 1. The molecule has 2 nitrogen and oxygen atoms in total. The summed E-state index contributed by atoms with van der Waals surface area (Å²) in [6.45, 7) is 7.84. The summed E-state index contributed by atoms with van der Waals surface area (Å²) in [5.74, 6) is 0.984. The quantitative estimate of drug-likeness (QED) is 0.490. The first-order chi connectivity index (χ1) is 5.85. The summed E-state index contributed by atoms with van der Waals surface area (Å²) in [6, 6.07) is 0. The lowest BCUT2D eigenvalue weighted by Crippen LogP contribution is -2.23. The molecule has 0 aliphatic heterocycles.